The third-order valence-electron chi connectivity index (χ3n) is 0.860. The Labute approximate surface area is 69.1 Å². The highest BCUT2D eigenvalue weighted by atomic mass is 19.4. The van der Waals surface area contributed by atoms with E-state index < -0.39 is 30.9 Å². The summed E-state index contributed by atoms with van der Waals surface area (Å²) in [6.45, 7) is -1.45. The number of esters is 1. The Morgan fingerprint density at radius 1 is 1.38 bits per heavy atom. The van der Waals surface area contributed by atoms with Crippen LogP contribution in [-0.4, -0.2) is 36.0 Å². The maximum atomic E-state index is 12.0. The number of carbonyl (C=O) groups is 2. The Morgan fingerprint density at radius 2 is 1.85 bits per heavy atom. The summed E-state index contributed by atoms with van der Waals surface area (Å²) < 4.78 is 49.4. The van der Waals surface area contributed by atoms with E-state index in [2.05, 4.69) is 4.74 Å². The van der Waals surface area contributed by atoms with Crippen molar-refractivity contribution in [1.29, 1.82) is 0 Å². The van der Waals surface area contributed by atoms with Crippen molar-refractivity contribution in [2.75, 3.05) is 6.61 Å². The third kappa shape index (κ3) is 4.28. The van der Waals surface area contributed by atoms with Crippen molar-refractivity contribution < 1.29 is 37.0 Å². The van der Waals surface area contributed by atoms with Crippen LogP contribution < -0.4 is 0 Å². The van der Waals surface area contributed by atoms with Crippen LogP contribution in [0, 0.1) is 0 Å². The molecule has 0 amide bonds. The second-order valence-corrected chi connectivity index (χ2v) is 1.90. The lowest BCUT2D eigenvalue weighted by molar-refractivity contribution is -0.201. The molecule has 0 aromatic heterocycles. The van der Waals surface area contributed by atoms with E-state index >= 15 is 0 Å². The average Bonchev–Trinajstić information content (AvgIpc) is 1.97. The molecule has 13 heavy (non-hydrogen) atoms. The molecule has 0 radical (unpaired) electrons. The standard InChI is InChI=1S/C5H4F4O4/c6-2(3(10)11)1-13-4(12)5(7,8)9/h2H,1H2,(H,10,11)/t2-/m0/s1. The molecule has 1 atom stereocenters. The quantitative estimate of drug-likeness (QED) is 0.537. The van der Waals surface area contributed by atoms with E-state index in [4.69, 9.17) is 5.11 Å². The predicted molar refractivity (Wildman–Crippen MR) is 29.5 cm³/mol. The number of carboxylic acid groups (broad SMARTS) is 1. The first-order valence-corrected chi connectivity index (χ1v) is 2.86. The molecule has 0 aliphatic carbocycles. The van der Waals surface area contributed by atoms with Gasteiger partial charge in [-0.15, -0.1) is 0 Å². The molecule has 76 valence electrons. The summed E-state index contributed by atoms with van der Waals surface area (Å²) in [7, 11) is 0. The molecule has 0 aliphatic rings. The smallest absolute Gasteiger partial charge is 0.479 e. The van der Waals surface area contributed by atoms with Gasteiger partial charge >= 0.3 is 18.1 Å². The van der Waals surface area contributed by atoms with Crippen LogP contribution in [0.2, 0.25) is 0 Å². The van der Waals surface area contributed by atoms with Crippen LogP contribution in [0.25, 0.3) is 0 Å². The summed E-state index contributed by atoms with van der Waals surface area (Å²) in [6, 6.07) is 0. The molecule has 1 N–H and O–H groups in total. The lowest BCUT2D eigenvalue weighted by Crippen LogP contribution is -2.30. The van der Waals surface area contributed by atoms with Crippen LogP contribution in [0.5, 0.6) is 0 Å². The lowest BCUT2D eigenvalue weighted by atomic mass is 10.4. The van der Waals surface area contributed by atoms with Crippen molar-refractivity contribution in [2.24, 2.45) is 0 Å². The number of rotatable bonds is 3. The van der Waals surface area contributed by atoms with Crippen LogP contribution >= 0.6 is 0 Å². The first kappa shape index (κ1) is 11.7. The highest BCUT2D eigenvalue weighted by Gasteiger charge is 2.41. The van der Waals surface area contributed by atoms with Gasteiger partial charge in [0.05, 0.1) is 0 Å². The lowest BCUT2D eigenvalue weighted by Gasteiger charge is -2.07. The van der Waals surface area contributed by atoms with E-state index in [-0.39, 0.29) is 0 Å². The van der Waals surface area contributed by atoms with Crippen molar-refractivity contribution in [1.82, 2.24) is 0 Å². The second kappa shape index (κ2) is 4.06. The number of aliphatic carboxylic acids is 1. The van der Waals surface area contributed by atoms with E-state index in [0.29, 0.717) is 0 Å². The minimum atomic E-state index is -5.24. The van der Waals surface area contributed by atoms with Crippen LogP contribution in [0.4, 0.5) is 17.6 Å². The third-order valence-corrected chi connectivity index (χ3v) is 0.860. The number of carbonyl (C=O) groups excluding carboxylic acids is 1. The minimum Gasteiger partial charge on any atom is -0.479 e. The summed E-state index contributed by atoms with van der Waals surface area (Å²) in [5, 5.41) is 7.85. The Hall–Kier alpha value is -1.34. The molecule has 0 bridgehead atoms. The summed E-state index contributed by atoms with van der Waals surface area (Å²) in [5.41, 5.74) is 0. The van der Waals surface area contributed by atoms with Crippen molar-refractivity contribution in [3.05, 3.63) is 0 Å². The monoisotopic (exact) mass is 204 g/mol. The summed E-state index contributed by atoms with van der Waals surface area (Å²) in [4.78, 5) is 19.6. The Bertz CT molecular complexity index is 211. The molecule has 0 aromatic rings. The molecule has 0 aliphatic heterocycles. The maximum Gasteiger partial charge on any atom is 0.490 e. The zero-order valence-corrected chi connectivity index (χ0v) is 5.97. The number of ether oxygens (including phenoxy) is 1. The van der Waals surface area contributed by atoms with Crippen LogP contribution in [-0.2, 0) is 14.3 Å². The molecule has 4 nitrogen and oxygen atoms in total. The fourth-order valence-corrected chi connectivity index (χ4v) is 0.302. The molecule has 0 aromatic carbocycles. The number of hydrogen-bond acceptors (Lipinski definition) is 3. The van der Waals surface area contributed by atoms with E-state index in [1.807, 2.05) is 0 Å². The molecule has 0 rings (SSSR count). The molecular weight excluding hydrogens is 200 g/mol. The fraction of sp³-hybridized carbons (Fsp3) is 0.600. The van der Waals surface area contributed by atoms with Gasteiger partial charge < -0.3 is 9.84 Å². The SMILES string of the molecule is O=C(O)[C@@H](F)COC(=O)C(F)(F)F. The van der Waals surface area contributed by atoms with Crippen LogP contribution in [0.3, 0.4) is 0 Å². The maximum absolute atomic E-state index is 12.0. The number of carboxylic acids is 1. The van der Waals surface area contributed by atoms with E-state index in [1.165, 1.54) is 0 Å². The van der Waals surface area contributed by atoms with Crippen molar-refractivity contribution in [3.8, 4) is 0 Å². The summed E-state index contributed by atoms with van der Waals surface area (Å²) >= 11 is 0. The second-order valence-electron chi connectivity index (χ2n) is 1.90. The molecule has 0 saturated carbocycles. The van der Waals surface area contributed by atoms with Gasteiger partial charge in [-0.2, -0.15) is 13.2 Å². The highest BCUT2D eigenvalue weighted by molar-refractivity contribution is 5.77. The number of halogens is 4. The van der Waals surface area contributed by atoms with Gasteiger partial charge in [0.1, 0.15) is 6.61 Å². The summed E-state index contributed by atoms with van der Waals surface area (Å²) in [5.74, 6) is -4.61. The molecule has 8 heteroatoms. The topological polar surface area (TPSA) is 63.6 Å². The minimum absolute atomic E-state index is 1.45. The van der Waals surface area contributed by atoms with Crippen molar-refractivity contribution >= 4 is 11.9 Å². The molecule has 0 fully saturated rings. The van der Waals surface area contributed by atoms with E-state index in [9.17, 15) is 27.2 Å². The van der Waals surface area contributed by atoms with Crippen molar-refractivity contribution in [2.45, 2.75) is 12.3 Å². The van der Waals surface area contributed by atoms with Gasteiger partial charge in [0.25, 0.3) is 0 Å². The normalized spacial score (nSPS) is 13.5. The fourth-order valence-electron chi connectivity index (χ4n) is 0.302. The van der Waals surface area contributed by atoms with Gasteiger partial charge in [0.15, 0.2) is 0 Å². The van der Waals surface area contributed by atoms with Gasteiger partial charge in [-0.25, -0.2) is 14.0 Å². The van der Waals surface area contributed by atoms with E-state index in [0.717, 1.165) is 0 Å². The number of alkyl halides is 4. The Morgan fingerprint density at radius 3 is 2.15 bits per heavy atom. The van der Waals surface area contributed by atoms with Gasteiger partial charge in [0, 0.05) is 0 Å². The summed E-state index contributed by atoms with van der Waals surface area (Å²) in [6.07, 6.45) is -7.88. The molecule has 0 heterocycles. The number of hydrogen-bond donors (Lipinski definition) is 1. The first-order valence-electron chi connectivity index (χ1n) is 2.86. The van der Waals surface area contributed by atoms with E-state index in [1.54, 1.807) is 0 Å². The zero-order valence-electron chi connectivity index (χ0n) is 5.97. The highest BCUT2D eigenvalue weighted by Crippen LogP contribution is 2.16. The Balaban J connectivity index is 3.91. The largest absolute Gasteiger partial charge is 0.490 e. The molecule has 0 unspecified atom stereocenters. The van der Waals surface area contributed by atoms with Crippen LogP contribution in [0.15, 0.2) is 0 Å². The van der Waals surface area contributed by atoms with Gasteiger partial charge in [-0.3, -0.25) is 0 Å². The molecular formula is C5H4F4O4. The van der Waals surface area contributed by atoms with Crippen molar-refractivity contribution in [3.63, 3.8) is 0 Å². The van der Waals surface area contributed by atoms with Gasteiger partial charge in [-0.05, 0) is 0 Å². The molecule has 0 spiro atoms. The predicted octanol–water partition coefficient (Wildman–Crippen LogP) is 0.515. The average molecular weight is 204 g/mol. The Kier molecular flexibility index (Phi) is 3.64. The van der Waals surface area contributed by atoms with Crippen LogP contribution in [0.1, 0.15) is 0 Å². The zero-order chi connectivity index (χ0) is 10.6. The van der Waals surface area contributed by atoms with Gasteiger partial charge in [-0.1, -0.05) is 0 Å². The molecule has 0 saturated heterocycles. The first-order chi connectivity index (χ1) is 5.75. The van der Waals surface area contributed by atoms with Gasteiger partial charge in [0.2, 0.25) is 6.17 Å².